The lowest BCUT2D eigenvalue weighted by molar-refractivity contribution is -0.119. The predicted molar refractivity (Wildman–Crippen MR) is 108 cm³/mol. The topological polar surface area (TPSA) is 75.7 Å². The summed E-state index contributed by atoms with van der Waals surface area (Å²) in [6.07, 6.45) is 1.02. The molecule has 0 aliphatic carbocycles. The van der Waals surface area contributed by atoms with E-state index in [4.69, 9.17) is 27.9 Å². The molecule has 1 amide bonds. The van der Waals surface area contributed by atoms with Crippen LogP contribution in [0.25, 0.3) is 0 Å². The van der Waals surface area contributed by atoms with E-state index in [1.54, 1.807) is 0 Å². The number of anilines is 1. The Morgan fingerprint density at radius 1 is 1.11 bits per heavy atom. The lowest BCUT2D eigenvalue weighted by Crippen LogP contribution is -2.40. The van der Waals surface area contributed by atoms with E-state index in [1.807, 2.05) is 31.2 Å². The third-order valence-corrected chi connectivity index (χ3v) is 5.12. The molecule has 0 aliphatic rings. The summed E-state index contributed by atoms with van der Waals surface area (Å²) in [5, 5.41) is 3.26. The summed E-state index contributed by atoms with van der Waals surface area (Å²) < 4.78 is 30.5. The molecule has 0 radical (unpaired) electrons. The van der Waals surface area contributed by atoms with Gasteiger partial charge in [0.05, 0.1) is 18.6 Å². The Labute approximate surface area is 169 Å². The highest BCUT2D eigenvalue weighted by atomic mass is 35.5. The average molecular weight is 431 g/mol. The minimum atomic E-state index is -3.70. The number of halogens is 2. The molecule has 0 fully saturated rings. The molecule has 0 aromatic heterocycles. The van der Waals surface area contributed by atoms with Crippen LogP contribution in [0.1, 0.15) is 12.5 Å². The van der Waals surface area contributed by atoms with E-state index in [-0.39, 0.29) is 28.8 Å². The molecule has 1 N–H and O–H groups in total. The van der Waals surface area contributed by atoms with Crippen molar-refractivity contribution < 1.29 is 17.9 Å². The third-order valence-electron chi connectivity index (χ3n) is 3.55. The molecule has 2 rings (SSSR count). The van der Waals surface area contributed by atoms with Crippen LogP contribution >= 0.6 is 23.2 Å². The van der Waals surface area contributed by atoms with Crippen LogP contribution in [0, 0.1) is 0 Å². The molecule has 0 heterocycles. The first-order chi connectivity index (χ1) is 12.7. The van der Waals surface area contributed by atoms with Crippen LogP contribution < -0.4 is 14.4 Å². The van der Waals surface area contributed by atoms with E-state index in [2.05, 4.69) is 5.32 Å². The third kappa shape index (κ3) is 6.61. The number of nitrogens with one attached hydrogen (secondary N) is 1. The summed E-state index contributed by atoms with van der Waals surface area (Å²) in [5.74, 6) is 0.291. The molecule has 0 atom stereocenters. The minimum Gasteiger partial charge on any atom is -0.494 e. The molecule has 0 saturated carbocycles. The Hall–Kier alpha value is -1.96. The molecular weight excluding hydrogens is 411 g/mol. The Morgan fingerprint density at radius 3 is 2.22 bits per heavy atom. The van der Waals surface area contributed by atoms with Crippen molar-refractivity contribution in [1.29, 1.82) is 0 Å². The van der Waals surface area contributed by atoms with Crippen molar-refractivity contribution in [3.8, 4) is 5.75 Å². The van der Waals surface area contributed by atoms with Gasteiger partial charge in [-0.15, -0.1) is 0 Å². The van der Waals surface area contributed by atoms with Gasteiger partial charge in [0.15, 0.2) is 0 Å². The Bertz CT molecular complexity index is 882. The fraction of sp³-hybridized carbons (Fsp3) is 0.278. The van der Waals surface area contributed by atoms with Gasteiger partial charge in [-0.2, -0.15) is 0 Å². The van der Waals surface area contributed by atoms with Crippen LogP contribution in [0.15, 0.2) is 42.5 Å². The zero-order valence-corrected chi connectivity index (χ0v) is 17.2. The van der Waals surface area contributed by atoms with E-state index in [0.29, 0.717) is 6.61 Å². The number of rotatable bonds is 8. The molecule has 2 aromatic carbocycles. The van der Waals surface area contributed by atoms with E-state index in [9.17, 15) is 13.2 Å². The van der Waals surface area contributed by atoms with E-state index < -0.39 is 15.9 Å². The van der Waals surface area contributed by atoms with Gasteiger partial charge in [-0.05, 0) is 42.8 Å². The van der Waals surface area contributed by atoms with Crippen molar-refractivity contribution >= 4 is 44.8 Å². The van der Waals surface area contributed by atoms with E-state index >= 15 is 0 Å². The van der Waals surface area contributed by atoms with E-state index in [0.717, 1.165) is 21.9 Å². The molecule has 146 valence electrons. The van der Waals surface area contributed by atoms with Crippen molar-refractivity contribution in [3.05, 3.63) is 58.1 Å². The van der Waals surface area contributed by atoms with Gasteiger partial charge >= 0.3 is 0 Å². The van der Waals surface area contributed by atoms with Gasteiger partial charge in [0, 0.05) is 16.6 Å². The maximum atomic E-state index is 12.3. The molecule has 27 heavy (non-hydrogen) atoms. The zero-order valence-electron chi connectivity index (χ0n) is 14.9. The summed E-state index contributed by atoms with van der Waals surface area (Å²) in [6.45, 7) is 2.35. The zero-order chi connectivity index (χ0) is 20.0. The number of ether oxygens (including phenoxy) is 1. The number of amides is 1. The van der Waals surface area contributed by atoms with Crippen LogP contribution in [0.5, 0.6) is 5.75 Å². The number of sulfonamides is 1. The summed E-state index contributed by atoms with van der Waals surface area (Å²) in [4.78, 5) is 12.3. The van der Waals surface area contributed by atoms with E-state index in [1.165, 1.54) is 18.2 Å². The number of nitrogens with zero attached hydrogens (tertiary/aromatic N) is 1. The number of carbonyl (C=O) groups excluding carboxylic acids is 1. The second-order valence-corrected chi connectivity index (χ2v) is 8.53. The molecule has 9 heteroatoms. The number of hydrogen-bond donors (Lipinski definition) is 1. The van der Waals surface area contributed by atoms with Crippen molar-refractivity contribution in [2.75, 3.05) is 23.7 Å². The summed E-state index contributed by atoms with van der Waals surface area (Å²) in [7, 11) is -3.70. The van der Waals surface area contributed by atoms with Crippen molar-refractivity contribution in [3.63, 3.8) is 0 Å². The van der Waals surface area contributed by atoms with Crippen molar-refractivity contribution in [2.45, 2.75) is 13.5 Å². The maximum Gasteiger partial charge on any atom is 0.241 e. The van der Waals surface area contributed by atoms with Gasteiger partial charge in [0.2, 0.25) is 15.9 Å². The van der Waals surface area contributed by atoms with Gasteiger partial charge in [-0.25, -0.2) is 8.42 Å². The Kier molecular flexibility index (Phi) is 7.35. The van der Waals surface area contributed by atoms with Gasteiger partial charge < -0.3 is 10.1 Å². The van der Waals surface area contributed by atoms with Crippen LogP contribution in [0.2, 0.25) is 10.0 Å². The quantitative estimate of drug-likeness (QED) is 0.695. The Balaban J connectivity index is 2.06. The largest absolute Gasteiger partial charge is 0.494 e. The second-order valence-electron chi connectivity index (χ2n) is 5.75. The smallest absolute Gasteiger partial charge is 0.241 e. The highest BCUT2D eigenvalue weighted by molar-refractivity contribution is 7.92. The molecule has 2 aromatic rings. The molecule has 0 unspecified atom stereocenters. The predicted octanol–water partition coefficient (Wildman–Crippen LogP) is 3.47. The molecule has 0 aliphatic heterocycles. The van der Waals surface area contributed by atoms with Crippen LogP contribution in [-0.4, -0.2) is 33.7 Å². The highest BCUT2D eigenvalue weighted by Gasteiger charge is 2.21. The first-order valence-electron chi connectivity index (χ1n) is 8.11. The standard InChI is InChI=1S/C18H20Cl2N2O4S/c1-3-26-17-6-4-13(5-7-17)11-21-18(23)12-22(27(2,24)25)16-9-14(19)8-15(20)10-16/h4-10H,3,11-12H2,1-2H3,(H,21,23). The van der Waals surface area contributed by atoms with Gasteiger partial charge in [0.25, 0.3) is 0 Å². The van der Waals surface area contributed by atoms with Crippen molar-refractivity contribution in [2.24, 2.45) is 0 Å². The lowest BCUT2D eigenvalue weighted by Gasteiger charge is -2.22. The molecule has 0 saturated heterocycles. The average Bonchev–Trinajstić information content (AvgIpc) is 2.57. The first kappa shape index (κ1) is 21.3. The number of hydrogen-bond acceptors (Lipinski definition) is 4. The molecular formula is C18H20Cl2N2O4S. The number of carbonyl (C=O) groups is 1. The van der Waals surface area contributed by atoms with Gasteiger partial charge in [-0.1, -0.05) is 35.3 Å². The van der Waals surface area contributed by atoms with Crippen LogP contribution in [-0.2, 0) is 21.4 Å². The SMILES string of the molecule is CCOc1ccc(CNC(=O)CN(c2cc(Cl)cc(Cl)c2)S(C)(=O)=O)cc1. The highest BCUT2D eigenvalue weighted by Crippen LogP contribution is 2.26. The normalized spacial score (nSPS) is 11.1. The Morgan fingerprint density at radius 2 is 1.70 bits per heavy atom. The summed E-state index contributed by atoms with van der Waals surface area (Å²) in [5.41, 5.74) is 1.09. The van der Waals surface area contributed by atoms with Gasteiger partial charge in [0.1, 0.15) is 12.3 Å². The van der Waals surface area contributed by atoms with Crippen LogP contribution in [0.3, 0.4) is 0 Å². The van der Waals surface area contributed by atoms with Crippen LogP contribution in [0.4, 0.5) is 5.69 Å². The second kappa shape index (κ2) is 9.30. The summed E-state index contributed by atoms with van der Waals surface area (Å²) in [6, 6.07) is 11.6. The lowest BCUT2D eigenvalue weighted by atomic mass is 10.2. The minimum absolute atomic E-state index is 0.228. The summed E-state index contributed by atoms with van der Waals surface area (Å²) >= 11 is 11.9. The fourth-order valence-corrected chi connectivity index (χ4v) is 3.70. The van der Waals surface area contributed by atoms with Crippen molar-refractivity contribution in [1.82, 2.24) is 5.32 Å². The first-order valence-corrected chi connectivity index (χ1v) is 10.7. The van der Waals surface area contributed by atoms with Gasteiger partial charge in [-0.3, -0.25) is 9.10 Å². The molecule has 0 spiro atoms. The maximum absolute atomic E-state index is 12.3. The monoisotopic (exact) mass is 430 g/mol. The molecule has 0 bridgehead atoms. The number of benzene rings is 2. The fourth-order valence-electron chi connectivity index (χ4n) is 2.34. The molecule has 6 nitrogen and oxygen atoms in total.